The molecule has 4 nitrogen and oxygen atoms in total. The molecule has 0 unspecified atom stereocenters. The highest BCUT2D eigenvalue weighted by Crippen LogP contribution is 2.12. The number of nitrogen functional groups attached to an aromatic ring is 2. The molecule has 0 saturated carbocycles. The molecule has 0 radical (unpaired) electrons. The first-order valence-corrected chi connectivity index (χ1v) is 4.76. The van der Waals surface area contributed by atoms with Crippen LogP contribution in [-0.4, -0.2) is 9.97 Å². The molecule has 0 aliphatic carbocycles. The third kappa shape index (κ3) is 2.25. The molecule has 4 N–H and O–H groups in total. The fourth-order valence-electron chi connectivity index (χ4n) is 1.31. The zero-order valence-corrected chi connectivity index (χ0v) is 8.52. The number of halogens is 1. The lowest BCUT2D eigenvalue weighted by Gasteiger charge is -2.03. The first kappa shape index (κ1) is 10.4. The van der Waals surface area contributed by atoms with Crippen LogP contribution in [0.2, 0.25) is 0 Å². The largest absolute Gasteiger partial charge is 0.394 e. The average Bonchev–Trinajstić information content (AvgIpc) is 2.27. The maximum absolute atomic E-state index is 12.7. The Morgan fingerprint density at radius 2 is 1.81 bits per heavy atom. The monoisotopic (exact) mass is 218 g/mol. The molecule has 16 heavy (non-hydrogen) atoms. The summed E-state index contributed by atoms with van der Waals surface area (Å²) in [6.07, 6.45) is 1.98. The van der Waals surface area contributed by atoms with Crippen LogP contribution >= 0.6 is 0 Å². The zero-order valence-electron chi connectivity index (χ0n) is 8.52. The predicted octanol–water partition coefficient (Wildman–Crippen LogP) is 1.37. The molecule has 2 rings (SSSR count). The number of hydrogen-bond acceptors (Lipinski definition) is 4. The first-order chi connectivity index (χ1) is 7.65. The Hall–Kier alpha value is -2.17. The van der Waals surface area contributed by atoms with Crippen molar-refractivity contribution in [1.82, 2.24) is 9.97 Å². The third-order valence-electron chi connectivity index (χ3n) is 2.17. The van der Waals surface area contributed by atoms with Gasteiger partial charge in [-0.15, -0.1) is 0 Å². The van der Waals surface area contributed by atoms with Gasteiger partial charge in [-0.3, -0.25) is 0 Å². The summed E-state index contributed by atoms with van der Waals surface area (Å²) >= 11 is 0. The van der Waals surface area contributed by atoms with Gasteiger partial charge in [0.15, 0.2) is 0 Å². The Balaban J connectivity index is 2.20. The Bertz CT molecular complexity index is 496. The predicted molar refractivity (Wildman–Crippen MR) is 60.1 cm³/mol. The molecule has 1 heterocycles. The zero-order chi connectivity index (χ0) is 11.5. The molecule has 2 aromatic rings. The Morgan fingerprint density at radius 1 is 1.12 bits per heavy atom. The Morgan fingerprint density at radius 3 is 2.44 bits per heavy atom. The summed E-state index contributed by atoms with van der Waals surface area (Å²) in [6, 6.07) is 6.17. The van der Waals surface area contributed by atoms with E-state index in [0.717, 1.165) is 5.56 Å². The number of nitrogens with zero attached hydrogens (tertiary/aromatic N) is 2. The van der Waals surface area contributed by atoms with Crippen molar-refractivity contribution in [3.63, 3.8) is 0 Å². The SMILES string of the molecule is Nc1cnc(Cc2ccc(F)cc2)nc1N. The lowest BCUT2D eigenvalue weighted by atomic mass is 10.1. The molecule has 0 aliphatic heterocycles. The van der Waals surface area contributed by atoms with E-state index in [4.69, 9.17) is 11.5 Å². The molecular weight excluding hydrogens is 207 g/mol. The van der Waals surface area contributed by atoms with Gasteiger partial charge in [-0.2, -0.15) is 0 Å². The maximum atomic E-state index is 12.7. The van der Waals surface area contributed by atoms with Gasteiger partial charge >= 0.3 is 0 Å². The fourth-order valence-corrected chi connectivity index (χ4v) is 1.31. The van der Waals surface area contributed by atoms with E-state index in [1.165, 1.54) is 18.3 Å². The quantitative estimate of drug-likeness (QED) is 0.798. The molecule has 0 fully saturated rings. The average molecular weight is 218 g/mol. The van der Waals surface area contributed by atoms with E-state index in [-0.39, 0.29) is 11.6 Å². The molecular formula is C11H11FN4. The van der Waals surface area contributed by atoms with Crippen LogP contribution in [0.15, 0.2) is 30.5 Å². The van der Waals surface area contributed by atoms with Gasteiger partial charge in [0.2, 0.25) is 0 Å². The van der Waals surface area contributed by atoms with Gasteiger partial charge in [-0.25, -0.2) is 14.4 Å². The summed E-state index contributed by atoms with van der Waals surface area (Å²) in [5.74, 6) is 0.576. The number of hydrogen-bond donors (Lipinski definition) is 2. The second-order valence-electron chi connectivity index (χ2n) is 3.43. The van der Waals surface area contributed by atoms with Crippen molar-refractivity contribution >= 4 is 11.5 Å². The van der Waals surface area contributed by atoms with Crippen molar-refractivity contribution in [3.05, 3.63) is 47.7 Å². The molecule has 0 amide bonds. The van der Waals surface area contributed by atoms with E-state index in [0.29, 0.717) is 17.9 Å². The molecule has 0 spiro atoms. The van der Waals surface area contributed by atoms with Gasteiger partial charge < -0.3 is 11.5 Å². The van der Waals surface area contributed by atoms with E-state index >= 15 is 0 Å². The van der Waals surface area contributed by atoms with Crippen LogP contribution in [0.25, 0.3) is 0 Å². The third-order valence-corrected chi connectivity index (χ3v) is 2.17. The van der Waals surface area contributed by atoms with Crippen molar-refractivity contribution < 1.29 is 4.39 Å². The van der Waals surface area contributed by atoms with Crippen LogP contribution in [0, 0.1) is 5.82 Å². The van der Waals surface area contributed by atoms with E-state index in [9.17, 15) is 4.39 Å². The van der Waals surface area contributed by atoms with Gasteiger partial charge in [0.1, 0.15) is 17.5 Å². The number of benzene rings is 1. The molecule has 1 aromatic carbocycles. The highest BCUT2D eigenvalue weighted by Gasteiger charge is 2.02. The summed E-state index contributed by atoms with van der Waals surface area (Å²) in [5, 5.41) is 0. The van der Waals surface area contributed by atoms with Crippen LogP contribution in [0.3, 0.4) is 0 Å². The standard InChI is InChI=1S/C11H11FN4/c12-8-3-1-7(2-4-8)5-10-15-6-9(13)11(14)16-10/h1-4,6H,5,13H2,(H2,14,15,16). The Labute approximate surface area is 92.1 Å². The van der Waals surface area contributed by atoms with Gasteiger partial charge in [0, 0.05) is 6.42 Å². The number of rotatable bonds is 2. The molecule has 0 aliphatic rings. The topological polar surface area (TPSA) is 77.8 Å². The van der Waals surface area contributed by atoms with Crippen molar-refractivity contribution in [3.8, 4) is 0 Å². The van der Waals surface area contributed by atoms with E-state index in [1.807, 2.05) is 0 Å². The normalized spacial score (nSPS) is 10.3. The maximum Gasteiger partial charge on any atom is 0.150 e. The van der Waals surface area contributed by atoms with Gasteiger partial charge in [0.25, 0.3) is 0 Å². The molecule has 0 bridgehead atoms. The summed E-state index contributed by atoms with van der Waals surface area (Å²) in [4.78, 5) is 8.09. The number of anilines is 2. The highest BCUT2D eigenvalue weighted by molar-refractivity contribution is 5.55. The summed E-state index contributed by atoms with van der Waals surface area (Å²) in [5.41, 5.74) is 12.4. The van der Waals surface area contributed by atoms with Crippen LogP contribution in [0.5, 0.6) is 0 Å². The van der Waals surface area contributed by atoms with Gasteiger partial charge in [-0.05, 0) is 17.7 Å². The second kappa shape index (κ2) is 4.14. The summed E-state index contributed by atoms with van der Waals surface area (Å²) < 4.78 is 12.7. The second-order valence-corrected chi connectivity index (χ2v) is 3.43. The van der Waals surface area contributed by atoms with E-state index in [1.54, 1.807) is 12.1 Å². The first-order valence-electron chi connectivity index (χ1n) is 4.76. The van der Waals surface area contributed by atoms with Crippen molar-refractivity contribution in [1.29, 1.82) is 0 Å². The molecule has 5 heteroatoms. The minimum absolute atomic E-state index is 0.263. The molecule has 82 valence electrons. The van der Waals surface area contributed by atoms with Gasteiger partial charge in [0.05, 0.1) is 11.9 Å². The smallest absolute Gasteiger partial charge is 0.150 e. The lowest BCUT2D eigenvalue weighted by molar-refractivity contribution is 0.627. The Kier molecular flexibility index (Phi) is 2.68. The van der Waals surface area contributed by atoms with Crippen molar-refractivity contribution in [2.75, 3.05) is 11.5 Å². The van der Waals surface area contributed by atoms with E-state index in [2.05, 4.69) is 9.97 Å². The van der Waals surface area contributed by atoms with Crippen LogP contribution in [0.1, 0.15) is 11.4 Å². The fraction of sp³-hybridized carbons (Fsp3) is 0.0909. The summed E-state index contributed by atoms with van der Waals surface area (Å²) in [6.45, 7) is 0. The van der Waals surface area contributed by atoms with Crippen LogP contribution in [-0.2, 0) is 6.42 Å². The van der Waals surface area contributed by atoms with E-state index < -0.39 is 0 Å². The van der Waals surface area contributed by atoms with Gasteiger partial charge in [-0.1, -0.05) is 12.1 Å². The summed E-state index contributed by atoms with van der Waals surface area (Å²) in [7, 11) is 0. The lowest BCUT2D eigenvalue weighted by Crippen LogP contribution is -2.04. The number of nitrogens with two attached hydrogens (primary N) is 2. The van der Waals surface area contributed by atoms with Crippen LogP contribution in [0.4, 0.5) is 15.9 Å². The minimum Gasteiger partial charge on any atom is -0.394 e. The molecule has 0 atom stereocenters. The van der Waals surface area contributed by atoms with Crippen molar-refractivity contribution in [2.24, 2.45) is 0 Å². The minimum atomic E-state index is -0.263. The highest BCUT2D eigenvalue weighted by atomic mass is 19.1. The molecule has 0 saturated heterocycles. The number of aromatic nitrogens is 2. The van der Waals surface area contributed by atoms with Crippen molar-refractivity contribution in [2.45, 2.75) is 6.42 Å². The van der Waals surface area contributed by atoms with Crippen LogP contribution < -0.4 is 11.5 Å². The molecule has 1 aromatic heterocycles.